The number of hydrogen-bond acceptors (Lipinski definition) is 5. The molecular formula is C16H13NO3S. The number of carbonyl (C=O) groups excluding carboxylic acids is 2. The SMILES string of the molecule is N#Cc1ccc(C(=O)OCCCC(=O)c2cccs2)cc1. The van der Waals surface area contributed by atoms with Gasteiger partial charge in [-0.3, -0.25) is 4.79 Å². The van der Waals surface area contributed by atoms with E-state index >= 15 is 0 Å². The molecule has 0 radical (unpaired) electrons. The molecule has 0 spiro atoms. The van der Waals surface area contributed by atoms with Crippen molar-refractivity contribution in [3.8, 4) is 6.07 Å². The van der Waals surface area contributed by atoms with Crippen LogP contribution in [0.25, 0.3) is 0 Å². The van der Waals surface area contributed by atoms with Crippen molar-refractivity contribution in [1.82, 2.24) is 0 Å². The van der Waals surface area contributed by atoms with Gasteiger partial charge in [-0.25, -0.2) is 4.79 Å². The van der Waals surface area contributed by atoms with Crippen LogP contribution < -0.4 is 0 Å². The van der Waals surface area contributed by atoms with Crippen LogP contribution in [0.1, 0.15) is 38.4 Å². The maximum Gasteiger partial charge on any atom is 0.338 e. The van der Waals surface area contributed by atoms with Crippen molar-refractivity contribution in [2.45, 2.75) is 12.8 Å². The number of rotatable bonds is 6. The molecule has 4 nitrogen and oxygen atoms in total. The molecule has 0 fully saturated rings. The minimum Gasteiger partial charge on any atom is -0.462 e. The molecule has 0 saturated carbocycles. The fraction of sp³-hybridized carbons (Fsp3) is 0.188. The average molecular weight is 299 g/mol. The molecule has 2 aromatic rings. The molecule has 106 valence electrons. The minimum absolute atomic E-state index is 0.0689. The first-order chi connectivity index (χ1) is 10.2. The highest BCUT2D eigenvalue weighted by molar-refractivity contribution is 7.12. The summed E-state index contributed by atoms with van der Waals surface area (Å²) < 4.78 is 5.10. The number of ether oxygens (including phenoxy) is 1. The lowest BCUT2D eigenvalue weighted by molar-refractivity contribution is 0.0494. The fourth-order valence-electron chi connectivity index (χ4n) is 1.72. The van der Waals surface area contributed by atoms with Gasteiger partial charge in [-0.1, -0.05) is 6.07 Å². The molecule has 0 aliphatic rings. The van der Waals surface area contributed by atoms with E-state index in [4.69, 9.17) is 10.00 Å². The molecule has 1 heterocycles. The van der Waals surface area contributed by atoms with Crippen LogP contribution in [-0.2, 0) is 4.74 Å². The van der Waals surface area contributed by atoms with Gasteiger partial charge in [-0.2, -0.15) is 5.26 Å². The highest BCUT2D eigenvalue weighted by Crippen LogP contribution is 2.12. The second-order valence-corrected chi connectivity index (χ2v) is 5.28. The second kappa shape index (κ2) is 7.36. The molecule has 0 unspecified atom stereocenters. The van der Waals surface area contributed by atoms with Crippen molar-refractivity contribution in [3.63, 3.8) is 0 Å². The Morgan fingerprint density at radius 2 is 1.95 bits per heavy atom. The zero-order chi connectivity index (χ0) is 15.1. The monoisotopic (exact) mass is 299 g/mol. The standard InChI is InChI=1S/C16H13NO3S/c17-11-12-5-7-13(8-6-12)16(19)20-9-1-3-14(18)15-4-2-10-21-15/h2,4-8,10H,1,3,9H2. The Balaban J connectivity index is 1.74. The Morgan fingerprint density at radius 3 is 2.57 bits per heavy atom. The Morgan fingerprint density at radius 1 is 1.19 bits per heavy atom. The van der Waals surface area contributed by atoms with Crippen LogP contribution in [0.15, 0.2) is 41.8 Å². The Hall–Kier alpha value is -2.45. The number of nitrogens with zero attached hydrogens (tertiary/aromatic N) is 1. The summed E-state index contributed by atoms with van der Waals surface area (Å²) in [6.45, 7) is 0.204. The normalized spacial score (nSPS) is 9.86. The maximum absolute atomic E-state index is 11.7. The van der Waals surface area contributed by atoms with E-state index in [0.29, 0.717) is 24.0 Å². The molecule has 5 heteroatoms. The summed E-state index contributed by atoms with van der Waals surface area (Å²) in [7, 11) is 0. The van der Waals surface area contributed by atoms with Gasteiger partial charge in [0.1, 0.15) is 0 Å². The molecule has 0 aliphatic carbocycles. The van der Waals surface area contributed by atoms with Crippen LogP contribution in [0.4, 0.5) is 0 Å². The Kier molecular flexibility index (Phi) is 5.24. The van der Waals surface area contributed by atoms with E-state index in [-0.39, 0.29) is 12.4 Å². The molecule has 2 rings (SSSR count). The summed E-state index contributed by atoms with van der Waals surface area (Å²) in [5, 5.41) is 10.5. The molecule has 0 bridgehead atoms. The van der Waals surface area contributed by atoms with Crippen molar-refractivity contribution in [2.24, 2.45) is 0 Å². The largest absolute Gasteiger partial charge is 0.462 e. The molecular weight excluding hydrogens is 286 g/mol. The lowest BCUT2D eigenvalue weighted by atomic mass is 10.1. The third-order valence-electron chi connectivity index (χ3n) is 2.83. The lowest BCUT2D eigenvalue weighted by Crippen LogP contribution is -2.08. The second-order valence-electron chi connectivity index (χ2n) is 4.33. The third kappa shape index (κ3) is 4.26. The van der Waals surface area contributed by atoms with Crippen molar-refractivity contribution >= 4 is 23.1 Å². The summed E-state index contributed by atoms with van der Waals surface area (Å²) in [6.07, 6.45) is 0.861. The number of Topliss-reactive ketones (excluding diaryl/α,β-unsaturated/α-hetero) is 1. The predicted octanol–water partition coefficient (Wildman–Crippen LogP) is 3.44. The van der Waals surface area contributed by atoms with E-state index < -0.39 is 5.97 Å². The highest BCUT2D eigenvalue weighted by Gasteiger charge is 2.09. The number of esters is 1. The van der Waals surface area contributed by atoms with Crippen LogP contribution in [0.5, 0.6) is 0 Å². The van der Waals surface area contributed by atoms with E-state index in [1.165, 1.54) is 11.3 Å². The smallest absolute Gasteiger partial charge is 0.338 e. The van der Waals surface area contributed by atoms with Gasteiger partial charge >= 0.3 is 5.97 Å². The number of thiophene rings is 1. The van der Waals surface area contributed by atoms with Gasteiger partial charge in [-0.05, 0) is 42.1 Å². The van der Waals surface area contributed by atoms with Crippen LogP contribution in [0.2, 0.25) is 0 Å². The van der Waals surface area contributed by atoms with Crippen molar-refractivity contribution in [3.05, 3.63) is 57.8 Å². The summed E-state index contributed by atoms with van der Waals surface area (Å²) in [6, 6.07) is 11.8. The molecule has 1 aromatic heterocycles. The van der Waals surface area contributed by atoms with E-state index in [9.17, 15) is 9.59 Å². The van der Waals surface area contributed by atoms with E-state index in [1.54, 1.807) is 30.3 Å². The molecule has 0 atom stereocenters. The van der Waals surface area contributed by atoms with Gasteiger partial charge in [0.05, 0.1) is 28.7 Å². The van der Waals surface area contributed by atoms with Crippen molar-refractivity contribution in [1.29, 1.82) is 5.26 Å². The summed E-state index contributed by atoms with van der Waals surface area (Å²) in [5.41, 5.74) is 0.895. The predicted molar refractivity (Wildman–Crippen MR) is 79.3 cm³/mol. The number of hydrogen-bond donors (Lipinski definition) is 0. The first-order valence-electron chi connectivity index (χ1n) is 6.44. The molecule has 0 aliphatic heterocycles. The van der Waals surface area contributed by atoms with Crippen LogP contribution in [0.3, 0.4) is 0 Å². The fourth-order valence-corrected chi connectivity index (χ4v) is 2.42. The van der Waals surface area contributed by atoms with Crippen LogP contribution in [-0.4, -0.2) is 18.4 Å². The maximum atomic E-state index is 11.7. The van der Waals surface area contributed by atoms with Gasteiger partial charge in [0, 0.05) is 6.42 Å². The molecule has 0 saturated heterocycles. The first kappa shape index (κ1) is 14.9. The van der Waals surface area contributed by atoms with Gasteiger partial charge in [0.25, 0.3) is 0 Å². The molecule has 0 amide bonds. The van der Waals surface area contributed by atoms with E-state index in [2.05, 4.69) is 0 Å². The minimum atomic E-state index is -0.442. The number of carbonyl (C=O) groups is 2. The topological polar surface area (TPSA) is 67.2 Å². The van der Waals surface area contributed by atoms with Gasteiger partial charge in [-0.15, -0.1) is 11.3 Å². The summed E-state index contributed by atoms with van der Waals surface area (Å²) in [4.78, 5) is 24.2. The van der Waals surface area contributed by atoms with E-state index in [0.717, 1.165) is 4.88 Å². The van der Waals surface area contributed by atoms with Gasteiger partial charge in [0.15, 0.2) is 5.78 Å². The van der Waals surface area contributed by atoms with E-state index in [1.807, 2.05) is 17.5 Å². The van der Waals surface area contributed by atoms with Gasteiger partial charge in [0.2, 0.25) is 0 Å². The zero-order valence-electron chi connectivity index (χ0n) is 11.2. The van der Waals surface area contributed by atoms with Crippen molar-refractivity contribution < 1.29 is 14.3 Å². The quantitative estimate of drug-likeness (QED) is 0.465. The first-order valence-corrected chi connectivity index (χ1v) is 7.32. The third-order valence-corrected chi connectivity index (χ3v) is 3.74. The Labute approximate surface area is 126 Å². The highest BCUT2D eigenvalue weighted by atomic mass is 32.1. The molecule has 21 heavy (non-hydrogen) atoms. The lowest BCUT2D eigenvalue weighted by Gasteiger charge is -2.04. The number of ketones is 1. The number of nitriles is 1. The van der Waals surface area contributed by atoms with Gasteiger partial charge < -0.3 is 4.74 Å². The average Bonchev–Trinajstić information content (AvgIpc) is 3.05. The zero-order valence-corrected chi connectivity index (χ0v) is 12.1. The van der Waals surface area contributed by atoms with Crippen molar-refractivity contribution in [2.75, 3.05) is 6.61 Å². The summed E-state index contributed by atoms with van der Waals surface area (Å²) in [5.74, 6) is -0.373. The number of benzene rings is 1. The summed E-state index contributed by atoms with van der Waals surface area (Å²) >= 11 is 1.41. The van der Waals surface area contributed by atoms with Crippen LogP contribution in [0, 0.1) is 11.3 Å². The van der Waals surface area contributed by atoms with Crippen LogP contribution >= 0.6 is 11.3 Å². The molecule has 0 N–H and O–H groups in total. The molecule has 1 aromatic carbocycles. The Bertz CT molecular complexity index is 654.